The largest absolute Gasteiger partial charge is 0.469 e. The predicted octanol–water partition coefficient (Wildman–Crippen LogP) is 4.98. The Balaban J connectivity index is 1.99. The number of hydrogen-bond donors (Lipinski definition) is 1. The van der Waals surface area contributed by atoms with Crippen molar-refractivity contribution in [2.24, 2.45) is 0 Å². The van der Waals surface area contributed by atoms with Crippen molar-refractivity contribution < 1.29 is 17.6 Å². The highest BCUT2D eigenvalue weighted by atomic mass is 32.2. The molecule has 0 fully saturated rings. The summed E-state index contributed by atoms with van der Waals surface area (Å²) >= 11 is 0.793. The van der Waals surface area contributed by atoms with Crippen molar-refractivity contribution in [1.29, 1.82) is 0 Å². The number of furan rings is 1. The van der Waals surface area contributed by atoms with Crippen LogP contribution in [0.25, 0.3) is 0 Å². The summed E-state index contributed by atoms with van der Waals surface area (Å²) in [5.74, 6) is -0.0476. The second-order valence-electron chi connectivity index (χ2n) is 4.73. The van der Waals surface area contributed by atoms with Gasteiger partial charge in [0.05, 0.1) is 12.0 Å². The molecule has 21 heavy (non-hydrogen) atoms. The van der Waals surface area contributed by atoms with E-state index in [0.29, 0.717) is 17.0 Å². The fourth-order valence-electron chi connectivity index (χ4n) is 1.92. The molecular formula is C15H16F3NOS. The number of rotatable bonds is 6. The van der Waals surface area contributed by atoms with E-state index in [-0.39, 0.29) is 6.04 Å². The van der Waals surface area contributed by atoms with Crippen LogP contribution in [-0.2, 0) is 6.42 Å². The molecule has 0 aliphatic heterocycles. The molecule has 2 nitrogen and oxygen atoms in total. The highest BCUT2D eigenvalue weighted by Gasteiger charge is 2.27. The van der Waals surface area contributed by atoms with E-state index in [1.807, 2.05) is 19.1 Å². The molecule has 0 bridgehead atoms. The van der Waals surface area contributed by atoms with Gasteiger partial charge in [-0.05, 0) is 31.2 Å². The summed E-state index contributed by atoms with van der Waals surface area (Å²) in [7, 11) is 0. The Morgan fingerprint density at radius 1 is 1.19 bits per heavy atom. The summed E-state index contributed by atoms with van der Waals surface area (Å²) < 4.78 is 42.3. The number of alkyl halides is 3. The molecule has 1 heterocycles. The van der Waals surface area contributed by atoms with E-state index < -0.39 is 11.9 Å². The van der Waals surface area contributed by atoms with E-state index in [0.717, 1.165) is 17.5 Å². The summed E-state index contributed by atoms with van der Waals surface area (Å²) in [5.41, 5.74) is 0.714. The first-order valence-electron chi connectivity index (χ1n) is 6.51. The molecular weight excluding hydrogens is 299 g/mol. The fraction of sp³-hybridized carbons (Fsp3) is 0.333. The van der Waals surface area contributed by atoms with Crippen LogP contribution >= 0.6 is 11.8 Å². The molecule has 0 saturated heterocycles. The molecule has 1 unspecified atom stereocenters. The Morgan fingerprint density at radius 2 is 1.95 bits per heavy atom. The van der Waals surface area contributed by atoms with Crippen LogP contribution in [0.5, 0.6) is 0 Å². The van der Waals surface area contributed by atoms with E-state index in [9.17, 15) is 13.2 Å². The third kappa shape index (κ3) is 5.38. The molecule has 0 aliphatic rings. The van der Waals surface area contributed by atoms with Crippen molar-refractivity contribution in [3.05, 3.63) is 48.4 Å². The van der Waals surface area contributed by atoms with E-state index in [4.69, 9.17) is 4.42 Å². The Hall–Kier alpha value is -1.56. The zero-order valence-corrected chi connectivity index (χ0v) is 12.3. The van der Waals surface area contributed by atoms with E-state index >= 15 is 0 Å². The van der Waals surface area contributed by atoms with Crippen LogP contribution in [0.1, 0.15) is 12.7 Å². The van der Waals surface area contributed by atoms with Crippen molar-refractivity contribution in [3.8, 4) is 0 Å². The highest BCUT2D eigenvalue weighted by molar-refractivity contribution is 7.99. The molecule has 6 heteroatoms. The van der Waals surface area contributed by atoms with Gasteiger partial charge in [0.25, 0.3) is 0 Å². The maximum Gasteiger partial charge on any atom is 0.398 e. The first kappa shape index (κ1) is 15.8. The zero-order valence-electron chi connectivity index (χ0n) is 11.5. The second-order valence-corrected chi connectivity index (χ2v) is 5.75. The Labute approximate surface area is 125 Å². The van der Waals surface area contributed by atoms with Gasteiger partial charge in [0.2, 0.25) is 0 Å². The quantitative estimate of drug-likeness (QED) is 0.761. The minimum Gasteiger partial charge on any atom is -0.469 e. The van der Waals surface area contributed by atoms with Gasteiger partial charge in [0.1, 0.15) is 5.76 Å². The minimum absolute atomic E-state index is 0.0591. The summed E-state index contributed by atoms with van der Waals surface area (Å²) in [4.78, 5) is 0.598. The van der Waals surface area contributed by atoms with Crippen molar-refractivity contribution in [1.82, 2.24) is 0 Å². The first-order chi connectivity index (χ1) is 9.94. The SMILES string of the molecule is CC(Cc1ccco1)Nc1ccccc1SCC(F)(F)F. The molecule has 1 N–H and O–H groups in total. The summed E-state index contributed by atoms with van der Waals surface area (Å²) in [6, 6.07) is 10.8. The normalized spacial score (nSPS) is 13.1. The molecule has 0 radical (unpaired) electrons. The van der Waals surface area contributed by atoms with Crippen LogP contribution in [0.4, 0.5) is 18.9 Å². The molecule has 0 saturated carbocycles. The van der Waals surface area contributed by atoms with Crippen LogP contribution in [-0.4, -0.2) is 18.0 Å². The number of anilines is 1. The van der Waals surface area contributed by atoms with E-state index in [1.54, 1.807) is 30.5 Å². The van der Waals surface area contributed by atoms with Crippen molar-refractivity contribution >= 4 is 17.4 Å². The number of nitrogens with one attached hydrogen (secondary N) is 1. The molecule has 1 aromatic heterocycles. The Morgan fingerprint density at radius 3 is 2.62 bits per heavy atom. The topological polar surface area (TPSA) is 25.2 Å². The van der Waals surface area contributed by atoms with Crippen LogP contribution in [0, 0.1) is 0 Å². The fourth-order valence-corrected chi connectivity index (χ4v) is 2.69. The van der Waals surface area contributed by atoms with Crippen molar-refractivity contribution in [2.75, 3.05) is 11.1 Å². The van der Waals surface area contributed by atoms with Gasteiger partial charge in [-0.2, -0.15) is 13.2 Å². The lowest BCUT2D eigenvalue weighted by Gasteiger charge is -2.17. The van der Waals surface area contributed by atoms with Gasteiger partial charge >= 0.3 is 6.18 Å². The van der Waals surface area contributed by atoms with E-state index in [1.165, 1.54) is 0 Å². The second kappa shape index (κ2) is 6.93. The van der Waals surface area contributed by atoms with Gasteiger partial charge in [-0.25, -0.2) is 0 Å². The number of benzene rings is 1. The Kier molecular flexibility index (Phi) is 5.22. The molecule has 1 atom stereocenters. The van der Waals surface area contributed by atoms with Gasteiger partial charge in [-0.15, -0.1) is 11.8 Å². The van der Waals surface area contributed by atoms with Gasteiger partial charge in [0, 0.05) is 23.0 Å². The molecule has 0 aliphatic carbocycles. The van der Waals surface area contributed by atoms with Gasteiger partial charge in [-0.1, -0.05) is 12.1 Å². The van der Waals surface area contributed by atoms with Crippen molar-refractivity contribution in [3.63, 3.8) is 0 Å². The highest BCUT2D eigenvalue weighted by Crippen LogP contribution is 2.32. The van der Waals surface area contributed by atoms with Crippen LogP contribution in [0.15, 0.2) is 52.0 Å². The van der Waals surface area contributed by atoms with Gasteiger partial charge in [0.15, 0.2) is 0 Å². The number of hydrogen-bond acceptors (Lipinski definition) is 3. The molecule has 2 rings (SSSR count). The number of para-hydroxylation sites is 1. The average Bonchev–Trinajstić information content (AvgIpc) is 2.89. The maximum atomic E-state index is 12.3. The molecule has 114 valence electrons. The average molecular weight is 315 g/mol. The molecule has 0 spiro atoms. The minimum atomic E-state index is -4.17. The van der Waals surface area contributed by atoms with Gasteiger partial charge < -0.3 is 9.73 Å². The lowest BCUT2D eigenvalue weighted by Crippen LogP contribution is -2.18. The lowest BCUT2D eigenvalue weighted by molar-refractivity contribution is -0.105. The summed E-state index contributed by atoms with van der Waals surface area (Å²) in [5, 5.41) is 3.24. The number of halogens is 3. The molecule has 2 aromatic rings. The van der Waals surface area contributed by atoms with Crippen LogP contribution in [0.2, 0.25) is 0 Å². The third-order valence-corrected chi connectivity index (χ3v) is 3.91. The van der Waals surface area contributed by atoms with Crippen LogP contribution in [0.3, 0.4) is 0 Å². The molecule has 0 amide bonds. The lowest BCUT2D eigenvalue weighted by atomic mass is 10.2. The van der Waals surface area contributed by atoms with Crippen LogP contribution < -0.4 is 5.32 Å². The monoisotopic (exact) mass is 315 g/mol. The predicted molar refractivity (Wildman–Crippen MR) is 78.7 cm³/mol. The van der Waals surface area contributed by atoms with Gasteiger partial charge in [-0.3, -0.25) is 0 Å². The smallest absolute Gasteiger partial charge is 0.398 e. The Bertz CT molecular complexity index is 554. The third-order valence-electron chi connectivity index (χ3n) is 2.77. The summed E-state index contributed by atoms with van der Waals surface area (Å²) in [6.07, 6.45) is -1.89. The zero-order chi connectivity index (χ0) is 15.3. The maximum absolute atomic E-state index is 12.3. The standard InChI is InChI=1S/C15H16F3NOS/c1-11(9-12-5-4-8-20-12)19-13-6-2-3-7-14(13)21-10-15(16,17)18/h2-8,11,19H,9-10H2,1H3. The number of thioether (sulfide) groups is 1. The van der Waals surface area contributed by atoms with E-state index in [2.05, 4.69) is 5.32 Å². The summed E-state index contributed by atoms with van der Waals surface area (Å²) in [6.45, 7) is 1.97. The molecule has 1 aromatic carbocycles. The first-order valence-corrected chi connectivity index (χ1v) is 7.50. The van der Waals surface area contributed by atoms with Crippen molar-refractivity contribution in [2.45, 2.75) is 30.5 Å².